The number of halogens is 3. The summed E-state index contributed by atoms with van der Waals surface area (Å²) in [6.07, 6.45) is -3.50. The maximum atomic E-state index is 13.2. The summed E-state index contributed by atoms with van der Waals surface area (Å²) < 4.78 is 50.5. The summed E-state index contributed by atoms with van der Waals surface area (Å²) in [4.78, 5) is 26.7. The van der Waals surface area contributed by atoms with Crippen LogP contribution in [0.3, 0.4) is 0 Å². The number of rotatable bonds is 5. The molecule has 2 aliphatic heterocycles. The van der Waals surface area contributed by atoms with Crippen molar-refractivity contribution in [1.82, 2.24) is 14.9 Å². The average Bonchev–Trinajstić information content (AvgIpc) is 2.92. The summed E-state index contributed by atoms with van der Waals surface area (Å²) in [6, 6.07) is 12.3. The number of nitrogens with zero attached hydrogens (tertiary/aromatic N) is 4. The van der Waals surface area contributed by atoms with Gasteiger partial charge in [-0.3, -0.25) is 4.79 Å². The number of hydrogen-bond acceptors (Lipinski definition) is 6. The predicted octanol–water partition coefficient (Wildman–Crippen LogP) is 4.13. The van der Waals surface area contributed by atoms with Crippen LogP contribution in [0.15, 0.2) is 48.5 Å². The summed E-state index contributed by atoms with van der Waals surface area (Å²) >= 11 is 0. The van der Waals surface area contributed by atoms with Crippen molar-refractivity contribution >= 4 is 11.7 Å². The number of amides is 1. The van der Waals surface area contributed by atoms with E-state index in [1.807, 2.05) is 24.3 Å². The number of hydrogen-bond donors (Lipinski definition) is 0. The fourth-order valence-electron chi connectivity index (χ4n) is 4.71. The Kier molecular flexibility index (Phi) is 7.01. The van der Waals surface area contributed by atoms with Gasteiger partial charge in [-0.15, -0.1) is 0 Å². The summed E-state index contributed by atoms with van der Waals surface area (Å²) in [6.45, 7) is 3.04. The van der Waals surface area contributed by atoms with Gasteiger partial charge in [-0.1, -0.05) is 18.2 Å². The molecule has 0 unspecified atom stereocenters. The van der Waals surface area contributed by atoms with Crippen molar-refractivity contribution in [3.05, 3.63) is 82.3 Å². The number of carbonyl (C=O) groups is 1. The molecule has 3 heterocycles. The highest BCUT2D eigenvalue weighted by Crippen LogP contribution is 2.32. The molecule has 7 nitrogen and oxygen atoms in total. The van der Waals surface area contributed by atoms with Gasteiger partial charge in [0.1, 0.15) is 17.4 Å². The first kappa shape index (κ1) is 25.0. The van der Waals surface area contributed by atoms with Gasteiger partial charge in [0.25, 0.3) is 5.91 Å². The van der Waals surface area contributed by atoms with Gasteiger partial charge in [-0.25, -0.2) is 9.97 Å². The zero-order valence-electron chi connectivity index (χ0n) is 20.4. The zero-order valence-corrected chi connectivity index (χ0v) is 20.4. The molecule has 0 atom stereocenters. The molecule has 2 aromatic carbocycles. The zero-order chi connectivity index (χ0) is 26.0. The second kappa shape index (κ2) is 10.4. The molecule has 5 rings (SSSR count). The Bertz CT molecular complexity index is 1290. The minimum Gasteiger partial charge on any atom is -0.497 e. The van der Waals surface area contributed by atoms with Crippen LogP contribution in [0.1, 0.15) is 38.6 Å². The third-order valence-electron chi connectivity index (χ3n) is 6.62. The third kappa shape index (κ3) is 5.53. The summed E-state index contributed by atoms with van der Waals surface area (Å²) in [5.41, 5.74) is 1.90. The van der Waals surface area contributed by atoms with E-state index in [2.05, 4.69) is 4.90 Å². The Balaban J connectivity index is 1.45. The molecule has 1 fully saturated rings. The Morgan fingerprint density at radius 2 is 1.84 bits per heavy atom. The van der Waals surface area contributed by atoms with Crippen molar-refractivity contribution < 1.29 is 27.4 Å². The first-order chi connectivity index (χ1) is 17.8. The van der Waals surface area contributed by atoms with Crippen LogP contribution in [-0.2, 0) is 30.3 Å². The number of anilines is 1. The molecule has 2 aliphatic rings. The quantitative estimate of drug-likeness (QED) is 0.512. The van der Waals surface area contributed by atoms with Crippen molar-refractivity contribution in [2.75, 3.05) is 44.9 Å². The van der Waals surface area contributed by atoms with Crippen molar-refractivity contribution in [2.45, 2.75) is 25.6 Å². The monoisotopic (exact) mass is 512 g/mol. The second-order valence-electron chi connectivity index (χ2n) is 9.07. The van der Waals surface area contributed by atoms with Crippen molar-refractivity contribution in [3.8, 4) is 5.75 Å². The molecule has 3 aromatic rings. The number of methoxy groups -OCH3 is 1. The van der Waals surface area contributed by atoms with E-state index in [-0.39, 0.29) is 12.1 Å². The number of fused-ring (bicyclic) bond motifs is 1. The van der Waals surface area contributed by atoms with E-state index < -0.39 is 17.6 Å². The van der Waals surface area contributed by atoms with Gasteiger partial charge in [0.05, 0.1) is 38.1 Å². The van der Waals surface area contributed by atoms with Crippen LogP contribution >= 0.6 is 0 Å². The van der Waals surface area contributed by atoms with Crippen LogP contribution < -0.4 is 9.64 Å². The van der Waals surface area contributed by atoms with Gasteiger partial charge in [-0.05, 0) is 35.9 Å². The lowest BCUT2D eigenvalue weighted by molar-refractivity contribution is -0.137. The molecule has 37 heavy (non-hydrogen) atoms. The highest BCUT2D eigenvalue weighted by atomic mass is 19.4. The lowest BCUT2D eigenvalue weighted by Gasteiger charge is -2.34. The van der Waals surface area contributed by atoms with Crippen LogP contribution in [0.2, 0.25) is 0 Å². The molecule has 10 heteroatoms. The average molecular weight is 513 g/mol. The largest absolute Gasteiger partial charge is 0.497 e. The SMILES string of the molecule is COc1cccc(Cc2nc3c(c(N4CCOCC4)n2)CN(C(=O)c2cccc(C(F)(F)F)c2)CC3)c1. The molecule has 0 N–H and O–H groups in total. The molecule has 0 radical (unpaired) electrons. The standard InChI is InChI=1S/C27H27F3N4O3/c1-36-21-7-2-4-18(14-21)15-24-31-23-8-9-34(17-22(23)25(32-24)33-10-12-37-13-11-33)26(35)19-5-3-6-20(16-19)27(28,29)30/h2-7,14,16H,8-13,15,17H2,1H3. The highest BCUT2D eigenvalue weighted by molar-refractivity contribution is 5.94. The molecule has 0 bridgehead atoms. The summed E-state index contributed by atoms with van der Waals surface area (Å²) in [5, 5.41) is 0. The lowest BCUT2D eigenvalue weighted by atomic mass is 10.0. The molecule has 1 amide bonds. The van der Waals surface area contributed by atoms with Gasteiger partial charge >= 0.3 is 6.18 Å². The highest BCUT2D eigenvalue weighted by Gasteiger charge is 2.33. The summed E-state index contributed by atoms with van der Waals surface area (Å²) in [5.74, 6) is 1.75. The Morgan fingerprint density at radius 1 is 1.05 bits per heavy atom. The fourth-order valence-corrected chi connectivity index (χ4v) is 4.71. The number of benzene rings is 2. The van der Waals surface area contributed by atoms with Crippen LogP contribution in [0.25, 0.3) is 0 Å². The number of ether oxygens (including phenoxy) is 2. The van der Waals surface area contributed by atoms with Crippen LogP contribution in [0.5, 0.6) is 5.75 Å². The third-order valence-corrected chi connectivity index (χ3v) is 6.62. The normalized spacial score (nSPS) is 15.9. The number of aromatic nitrogens is 2. The van der Waals surface area contributed by atoms with E-state index in [1.54, 1.807) is 12.0 Å². The molecule has 0 aliphatic carbocycles. The molecule has 1 aromatic heterocycles. The van der Waals surface area contributed by atoms with E-state index in [9.17, 15) is 18.0 Å². The van der Waals surface area contributed by atoms with Crippen LogP contribution in [0.4, 0.5) is 19.0 Å². The molecule has 194 valence electrons. The second-order valence-corrected chi connectivity index (χ2v) is 9.07. The molecular weight excluding hydrogens is 485 g/mol. The predicted molar refractivity (Wildman–Crippen MR) is 131 cm³/mol. The van der Waals surface area contributed by atoms with E-state index in [0.717, 1.165) is 40.5 Å². The van der Waals surface area contributed by atoms with Gasteiger partial charge in [-0.2, -0.15) is 13.2 Å². The minimum absolute atomic E-state index is 0.0155. The van der Waals surface area contributed by atoms with E-state index >= 15 is 0 Å². The smallest absolute Gasteiger partial charge is 0.416 e. The van der Waals surface area contributed by atoms with Gasteiger partial charge < -0.3 is 19.3 Å². The van der Waals surface area contributed by atoms with Crippen LogP contribution in [0, 0.1) is 0 Å². The maximum Gasteiger partial charge on any atom is 0.416 e. The van der Waals surface area contributed by atoms with E-state index in [1.165, 1.54) is 12.1 Å². The van der Waals surface area contributed by atoms with Gasteiger partial charge in [0, 0.05) is 43.6 Å². The van der Waals surface area contributed by atoms with Crippen molar-refractivity contribution in [2.24, 2.45) is 0 Å². The maximum absolute atomic E-state index is 13.2. The minimum atomic E-state index is -4.51. The van der Waals surface area contributed by atoms with E-state index in [4.69, 9.17) is 19.4 Å². The van der Waals surface area contributed by atoms with Crippen LogP contribution in [-0.4, -0.2) is 60.7 Å². The lowest BCUT2D eigenvalue weighted by Crippen LogP contribution is -2.41. The number of carbonyl (C=O) groups excluding carboxylic acids is 1. The van der Waals surface area contributed by atoms with Gasteiger partial charge in [0.15, 0.2) is 0 Å². The van der Waals surface area contributed by atoms with Crippen molar-refractivity contribution in [1.29, 1.82) is 0 Å². The van der Waals surface area contributed by atoms with Crippen molar-refractivity contribution in [3.63, 3.8) is 0 Å². The Hall–Kier alpha value is -3.66. The molecular formula is C27H27F3N4O3. The van der Waals surface area contributed by atoms with E-state index in [0.29, 0.717) is 51.5 Å². The fraction of sp³-hybridized carbons (Fsp3) is 0.370. The number of alkyl halides is 3. The first-order valence-electron chi connectivity index (χ1n) is 12.1. The first-order valence-corrected chi connectivity index (χ1v) is 12.1. The number of morpholine rings is 1. The summed E-state index contributed by atoms with van der Waals surface area (Å²) in [7, 11) is 1.62. The molecule has 0 spiro atoms. The van der Waals surface area contributed by atoms with Gasteiger partial charge in [0.2, 0.25) is 0 Å². The molecule has 0 saturated carbocycles. The Morgan fingerprint density at radius 3 is 2.59 bits per heavy atom. The Labute approximate surface area is 212 Å². The molecule has 1 saturated heterocycles. The topological polar surface area (TPSA) is 67.8 Å².